The van der Waals surface area contributed by atoms with Crippen LogP contribution in [0.25, 0.3) is 0 Å². The first-order chi connectivity index (χ1) is 13.7. The van der Waals surface area contributed by atoms with Gasteiger partial charge in [-0.15, -0.1) is 0 Å². The van der Waals surface area contributed by atoms with Crippen LogP contribution in [0.4, 0.5) is 0 Å². The molecule has 0 aromatic heterocycles. The van der Waals surface area contributed by atoms with Crippen molar-refractivity contribution in [2.24, 2.45) is 11.8 Å². The minimum atomic E-state index is 0.301. The van der Waals surface area contributed by atoms with Gasteiger partial charge in [-0.2, -0.15) is 0 Å². The zero-order valence-electron chi connectivity index (χ0n) is 16.5. The highest BCUT2D eigenvalue weighted by Crippen LogP contribution is 2.40. The molecule has 4 rings (SSSR count). The van der Waals surface area contributed by atoms with E-state index < -0.39 is 0 Å². The molecule has 2 aromatic rings. The summed E-state index contributed by atoms with van der Waals surface area (Å²) in [4.78, 5) is 0. The molecule has 2 atom stereocenters. The van der Waals surface area contributed by atoms with Crippen molar-refractivity contribution in [1.82, 2.24) is 0 Å². The van der Waals surface area contributed by atoms with Crippen LogP contribution in [-0.2, 0) is 17.6 Å². The van der Waals surface area contributed by atoms with Gasteiger partial charge in [-0.1, -0.05) is 6.07 Å². The van der Waals surface area contributed by atoms with Crippen molar-refractivity contribution in [3.63, 3.8) is 0 Å². The van der Waals surface area contributed by atoms with Gasteiger partial charge >= 0.3 is 0 Å². The van der Waals surface area contributed by atoms with E-state index in [1.54, 1.807) is 21.3 Å². The van der Waals surface area contributed by atoms with Crippen LogP contribution in [0.5, 0.6) is 28.7 Å². The number of rotatable bonds is 7. The molecule has 150 valence electrons. The van der Waals surface area contributed by atoms with E-state index in [4.69, 9.17) is 28.4 Å². The number of hydrogen-bond donors (Lipinski definition) is 0. The lowest BCUT2D eigenvalue weighted by Gasteiger charge is -2.20. The molecule has 6 nitrogen and oxygen atoms in total. The molecule has 0 radical (unpaired) electrons. The van der Waals surface area contributed by atoms with E-state index in [1.165, 1.54) is 5.56 Å². The largest absolute Gasteiger partial charge is 0.493 e. The molecule has 2 aliphatic heterocycles. The van der Waals surface area contributed by atoms with Gasteiger partial charge in [0.15, 0.2) is 23.0 Å². The minimum Gasteiger partial charge on any atom is -0.493 e. The van der Waals surface area contributed by atoms with Crippen LogP contribution >= 0.6 is 0 Å². The Morgan fingerprint density at radius 3 is 2.07 bits per heavy atom. The SMILES string of the molecule is COc1cc(C[C@@H]2COC[C@H]2Cc2ccc3c(c2)OCO3)cc(OC)c1OC. The fourth-order valence-corrected chi connectivity index (χ4v) is 4.02. The van der Waals surface area contributed by atoms with Gasteiger partial charge < -0.3 is 28.4 Å². The molecule has 0 saturated carbocycles. The van der Waals surface area contributed by atoms with E-state index in [0.717, 1.165) is 43.1 Å². The highest BCUT2D eigenvalue weighted by Gasteiger charge is 2.29. The third-order valence-corrected chi connectivity index (χ3v) is 5.49. The van der Waals surface area contributed by atoms with Crippen molar-refractivity contribution >= 4 is 0 Å². The monoisotopic (exact) mass is 386 g/mol. The summed E-state index contributed by atoms with van der Waals surface area (Å²) in [7, 11) is 4.90. The van der Waals surface area contributed by atoms with Gasteiger partial charge in [0.05, 0.1) is 34.5 Å². The van der Waals surface area contributed by atoms with E-state index in [2.05, 4.69) is 12.1 Å². The molecule has 28 heavy (non-hydrogen) atoms. The first-order valence-electron chi connectivity index (χ1n) is 9.47. The first-order valence-corrected chi connectivity index (χ1v) is 9.47. The fraction of sp³-hybridized carbons (Fsp3) is 0.455. The van der Waals surface area contributed by atoms with Crippen molar-refractivity contribution in [2.75, 3.05) is 41.3 Å². The van der Waals surface area contributed by atoms with Gasteiger partial charge in [-0.05, 0) is 60.1 Å². The van der Waals surface area contributed by atoms with Crippen LogP contribution in [-0.4, -0.2) is 41.3 Å². The Balaban J connectivity index is 1.49. The average molecular weight is 386 g/mol. The normalized spacial score (nSPS) is 20.2. The number of benzene rings is 2. The summed E-state index contributed by atoms with van der Waals surface area (Å²) in [5.74, 6) is 4.50. The van der Waals surface area contributed by atoms with Crippen LogP contribution < -0.4 is 23.7 Å². The van der Waals surface area contributed by atoms with Gasteiger partial charge in [0.25, 0.3) is 0 Å². The highest BCUT2D eigenvalue weighted by molar-refractivity contribution is 5.54. The Morgan fingerprint density at radius 2 is 1.43 bits per heavy atom. The third-order valence-electron chi connectivity index (χ3n) is 5.49. The standard InChI is InChI=1S/C22H26O6/c1-23-20-9-15(10-21(24-2)22(20)25-3)7-17-12-26-11-16(17)6-14-4-5-18-19(8-14)28-13-27-18/h4-5,8-10,16-17H,6-7,11-13H2,1-3H3/t16-,17-/m1/s1. The molecule has 0 amide bonds. The molecule has 2 aliphatic rings. The van der Waals surface area contributed by atoms with E-state index in [9.17, 15) is 0 Å². The van der Waals surface area contributed by atoms with Crippen molar-refractivity contribution in [1.29, 1.82) is 0 Å². The maximum atomic E-state index is 5.82. The average Bonchev–Trinajstić information content (AvgIpc) is 3.36. The smallest absolute Gasteiger partial charge is 0.231 e. The second-order valence-electron chi connectivity index (χ2n) is 7.19. The van der Waals surface area contributed by atoms with E-state index in [1.807, 2.05) is 18.2 Å². The van der Waals surface area contributed by atoms with Gasteiger partial charge in [-0.25, -0.2) is 0 Å². The van der Waals surface area contributed by atoms with E-state index >= 15 is 0 Å². The predicted molar refractivity (Wildman–Crippen MR) is 104 cm³/mol. The van der Waals surface area contributed by atoms with Crippen molar-refractivity contribution in [3.8, 4) is 28.7 Å². The number of ether oxygens (including phenoxy) is 6. The van der Waals surface area contributed by atoms with Crippen molar-refractivity contribution in [2.45, 2.75) is 12.8 Å². The Bertz CT molecular complexity index is 809. The number of hydrogen-bond acceptors (Lipinski definition) is 6. The molecule has 0 N–H and O–H groups in total. The molecular weight excluding hydrogens is 360 g/mol. The number of methoxy groups -OCH3 is 3. The van der Waals surface area contributed by atoms with Crippen LogP contribution in [0.3, 0.4) is 0 Å². The molecule has 0 bridgehead atoms. The molecule has 2 aromatic carbocycles. The Kier molecular flexibility index (Phi) is 5.48. The summed E-state index contributed by atoms with van der Waals surface area (Å²) in [5, 5.41) is 0. The molecule has 1 fully saturated rings. The van der Waals surface area contributed by atoms with Crippen molar-refractivity contribution < 1.29 is 28.4 Å². The Morgan fingerprint density at radius 1 is 0.786 bits per heavy atom. The van der Waals surface area contributed by atoms with E-state index in [0.29, 0.717) is 35.9 Å². The zero-order chi connectivity index (χ0) is 19.5. The predicted octanol–water partition coefficient (Wildman–Crippen LogP) is 3.49. The van der Waals surface area contributed by atoms with Crippen LogP contribution in [0.1, 0.15) is 11.1 Å². The van der Waals surface area contributed by atoms with Gasteiger partial charge in [0.1, 0.15) is 0 Å². The maximum Gasteiger partial charge on any atom is 0.231 e. The maximum absolute atomic E-state index is 5.82. The lowest BCUT2D eigenvalue weighted by atomic mass is 9.85. The van der Waals surface area contributed by atoms with Crippen LogP contribution in [0, 0.1) is 11.8 Å². The molecule has 0 aliphatic carbocycles. The Hall–Kier alpha value is -2.60. The summed E-state index contributed by atoms with van der Waals surface area (Å²) in [6.07, 6.45) is 1.84. The lowest BCUT2D eigenvalue weighted by Crippen LogP contribution is -2.17. The zero-order valence-corrected chi connectivity index (χ0v) is 16.5. The summed E-state index contributed by atoms with van der Waals surface area (Å²) in [5.41, 5.74) is 2.40. The van der Waals surface area contributed by atoms with Crippen LogP contribution in [0.15, 0.2) is 30.3 Å². The minimum absolute atomic E-state index is 0.301. The number of fused-ring (bicyclic) bond motifs is 1. The summed E-state index contributed by atoms with van der Waals surface area (Å²) >= 11 is 0. The fourth-order valence-electron chi connectivity index (χ4n) is 4.02. The molecule has 2 heterocycles. The summed E-state index contributed by atoms with van der Waals surface area (Å²) in [6.45, 7) is 1.82. The highest BCUT2D eigenvalue weighted by atomic mass is 16.7. The lowest BCUT2D eigenvalue weighted by molar-refractivity contribution is 0.174. The molecular formula is C22H26O6. The Labute approximate surface area is 165 Å². The molecule has 0 unspecified atom stereocenters. The van der Waals surface area contributed by atoms with Gasteiger partial charge in [-0.3, -0.25) is 0 Å². The molecule has 6 heteroatoms. The molecule has 0 spiro atoms. The van der Waals surface area contributed by atoms with E-state index in [-0.39, 0.29) is 0 Å². The summed E-state index contributed by atoms with van der Waals surface area (Å²) in [6, 6.07) is 10.2. The van der Waals surface area contributed by atoms with Gasteiger partial charge in [0, 0.05) is 0 Å². The second-order valence-corrected chi connectivity index (χ2v) is 7.19. The second kappa shape index (κ2) is 8.19. The first kappa shape index (κ1) is 18.7. The summed E-state index contributed by atoms with van der Waals surface area (Å²) < 4.78 is 33.1. The van der Waals surface area contributed by atoms with Crippen LogP contribution in [0.2, 0.25) is 0 Å². The molecule has 1 saturated heterocycles. The quantitative estimate of drug-likeness (QED) is 0.726. The topological polar surface area (TPSA) is 55.4 Å². The van der Waals surface area contributed by atoms with Crippen molar-refractivity contribution in [3.05, 3.63) is 41.5 Å². The third kappa shape index (κ3) is 3.69. The van der Waals surface area contributed by atoms with Gasteiger partial charge in [0.2, 0.25) is 12.5 Å².